The van der Waals surface area contributed by atoms with Crippen LogP contribution in [0.2, 0.25) is 0 Å². The Morgan fingerprint density at radius 3 is 2.10 bits per heavy atom. The van der Waals surface area contributed by atoms with Crippen LogP contribution in [0.5, 0.6) is 0 Å². The standard InChI is InChI=1S/C14H27N3O3/c1-9(15)12(18)16-10-7-5-6-8-11(10)17-13(19)20-14(2,3)4/h9-11H,5-8,15H2,1-4H3,(H,16,18)(H,17,19)/t9-,10?,11?/m0/s1. The Labute approximate surface area is 120 Å². The van der Waals surface area contributed by atoms with Gasteiger partial charge in [0.15, 0.2) is 0 Å². The number of carbonyl (C=O) groups excluding carboxylic acids is 2. The molecule has 2 amide bonds. The molecule has 6 nitrogen and oxygen atoms in total. The summed E-state index contributed by atoms with van der Waals surface area (Å²) in [5.41, 5.74) is 5.03. The predicted molar refractivity (Wildman–Crippen MR) is 77.2 cm³/mol. The third kappa shape index (κ3) is 5.77. The minimum atomic E-state index is -0.542. The highest BCUT2D eigenvalue weighted by Gasteiger charge is 2.29. The van der Waals surface area contributed by atoms with Gasteiger partial charge in [0.1, 0.15) is 5.60 Å². The Kier molecular flexibility index (Phi) is 5.80. The van der Waals surface area contributed by atoms with Crippen molar-refractivity contribution < 1.29 is 14.3 Å². The highest BCUT2D eigenvalue weighted by atomic mass is 16.6. The number of nitrogens with two attached hydrogens (primary N) is 1. The first-order valence-corrected chi connectivity index (χ1v) is 7.24. The summed E-state index contributed by atoms with van der Waals surface area (Å²) in [5.74, 6) is -0.187. The zero-order valence-electron chi connectivity index (χ0n) is 12.9. The average Bonchev–Trinajstić information content (AvgIpc) is 2.28. The van der Waals surface area contributed by atoms with E-state index in [0.29, 0.717) is 0 Å². The van der Waals surface area contributed by atoms with Crippen LogP contribution in [0.15, 0.2) is 0 Å². The maximum Gasteiger partial charge on any atom is 0.407 e. The topological polar surface area (TPSA) is 93.5 Å². The zero-order chi connectivity index (χ0) is 15.3. The van der Waals surface area contributed by atoms with Gasteiger partial charge in [-0.3, -0.25) is 4.79 Å². The summed E-state index contributed by atoms with van der Waals surface area (Å²) in [5, 5.41) is 5.76. The molecule has 0 aromatic rings. The van der Waals surface area contributed by atoms with Gasteiger partial charge in [0, 0.05) is 6.04 Å². The van der Waals surface area contributed by atoms with Crippen molar-refractivity contribution in [3.8, 4) is 0 Å². The number of rotatable bonds is 3. The highest BCUT2D eigenvalue weighted by molar-refractivity contribution is 5.81. The molecule has 0 bridgehead atoms. The summed E-state index contributed by atoms with van der Waals surface area (Å²) in [6, 6.07) is -0.713. The number of carbonyl (C=O) groups is 2. The van der Waals surface area contributed by atoms with Crippen molar-refractivity contribution in [2.75, 3.05) is 0 Å². The van der Waals surface area contributed by atoms with Crippen molar-refractivity contribution >= 4 is 12.0 Å². The zero-order valence-corrected chi connectivity index (χ0v) is 12.9. The third-order valence-electron chi connectivity index (χ3n) is 3.21. The smallest absolute Gasteiger partial charge is 0.407 e. The molecule has 0 radical (unpaired) electrons. The quantitative estimate of drug-likeness (QED) is 0.728. The monoisotopic (exact) mass is 285 g/mol. The number of ether oxygens (including phenoxy) is 1. The van der Waals surface area contributed by atoms with Gasteiger partial charge in [-0.05, 0) is 40.5 Å². The molecule has 1 rings (SSSR count). The molecular formula is C14H27N3O3. The molecule has 0 heterocycles. The van der Waals surface area contributed by atoms with Crippen molar-refractivity contribution in [1.82, 2.24) is 10.6 Å². The van der Waals surface area contributed by atoms with E-state index in [0.717, 1.165) is 25.7 Å². The second-order valence-electron chi connectivity index (χ2n) is 6.44. The Morgan fingerprint density at radius 1 is 1.15 bits per heavy atom. The van der Waals surface area contributed by atoms with Crippen molar-refractivity contribution in [3.63, 3.8) is 0 Å². The summed E-state index contributed by atoms with van der Waals surface area (Å²) in [7, 11) is 0. The Morgan fingerprint density at radius 2 is 1.65 bits per heavy atom. The maximum atomic E-state index is 11.8. The van der Waals surface area contributed by atoms with E-state index < -0.39 is 17.7 Å². The van der Waals surface area contributed by atoms with Crippen LogP contribution in [0.3, 0.4) is 0 Å². The van der Waals surface area contributed by atoms with E-state index in [1.54, 1.807) is 6.92 Å². The van der Waals surface area contributed by atoms with Gasteiger partial charge in [-0.1, -0.05) is 12.8 Å². The van der Waals surface area contributed by atoms with Crippen LogP contribution in [-0.2, 0) is 9.53 Å². The molecule has 116 valence electrons. The molecule has 1 saturated carbocycles. The number of nitrogens with one attached hydrogen (secondary N) is 2. The molecule has 1 aliphatic carbocycles. The SMILES string of the molecule is C[C@H](N)C(=O)NC1CCCCC1NC(=O)OC(C)(C)C. The van der Waals surface area contributed by atoms with E-state index in [2.05, 4.69) is 10.6 Å². The third-order valence-corrected chi connectivity index (χ3v) is 3.21. The van der Waals surface area contributed by atoms with Crippen molar-refractivity contribution in [1.29, 1.82) is 0 Å². The minimum Gasteiger partial charge on any atom is -0.444 e. The second-order valence-corrected chi connectivity index (χ2v) is 6.44. The minimum absolute atomic E-state index is 0.0743. The summed E-state index contributed by atoms with van der Waals surface area (Å²) in [6.07, 6.45) is 3.31. The van der Waals surface area contributed by atoms with Crippen LogP contribution in [-0.4, -0.2) is 35.7 Å². The van der Waals surface area contributed by atoms with Crippen LogP contribution < -0.4 is 16.4 Å². The van der Waals surface area contributed by atoms with Crippen LogP contribution in [0, 0.1) is 0 Å². The molecule has 0 aromatic heterocycles. The van der Waals surface area contributed by atoms with Crippen LogP contribution in [0.25, 0.3) is 0 Å². The normalized spacial score (nSPS) is 24.6. The lowest BCUT2D eigenvalue weighted by molar-refractivity contribution is -0.123. The van der Waals surface area contributed by atoms with E-state index >= 15 is 0 Å². The molecule has 0 aromatic carbocycles. The van der Waals surface area contributed by atoms with Gasteiger partial charge in [-0.2, -0.15) is 0 Å². The van der Waals surface area contributed by atoms with Crippen molar-refractivity contribution in [3.05, 3.63) is 0 Å². The fraction of sp³-hybridized carbons (Fsp3) is 0.857. The second kappa shape index (κ2) is 6.92. The number of amides is 2. The molecule has 0 spiro atoms. The van der Waals surface area contributed by atoms with Gasteiger partial charge in [0.05, 0.1) is 12.1 Å². The molecular weight excluding hydrogens is 258 g/mol. The van der Waals surface area contributed by atoms with Gasteiger partial charge >= 0.3 is 6.09 Å². The number of hydrogen-bond acceptors (Lipinski definition) is 4. The molecule has 4 N–H and O–H groups in total. The van der Waals surface area contributed by atoms with Gasteiger partial charge < -0.3 is 21.1 Å². The number of hydrogen-bond donors (Lipinski definition) is 3. The predicted octanol–water partition coefficient (Wildman–Crippen LogP) is 1.29. The van der Waals surface area contributed by atoms with Crippen LogP contribution >= 0.6 is 0 Å². The first-order chi connectivity index (χ1) is 9.19. The lowest BCUT2D eigenvalue weighted by Gasteiger charge is -2.33. The molecule has 0 aliphatic heterocycles. The summed E-state index contributed by atoms with van der Waals surface area (Å²) < 4.78 is 5.25. The molecule has 0 saturated heterocycles. The average molecular weight is 285 g/mol. The van der Waals surface area contributed by atoms with Crippen molar-refractivity contribution in [2.24, 2.45) is 5.73 Å². The largest absolute Gasteiger partial charge is 0.444 e. The lowest BCUT2D eigenvalue weighted by Crippen LogP contribution is -2.56. The summed E-state index contributed by atoms with van der Waals surface area (Å²) >= 11 is 0. The van der Waals surface area contributed by atoms with E-state index in [1.807, 2.05) is 20.8 Å². The Hall–Kier alpha value is -1.30. The summed E-state index contributed by atoms with van der Waals surface area (Å²) in [4.78, 5) is 23.5. The number of alkyl carbamates (subject to hydrolysis) is 1. The van der Waals surface area contributed by atoms with Crippen molar-refractivity contribution in [2.45, 2.75) is 77.1 Å². The fourth-order valence-electron chi connectivity index (χ4n) is 2.25. The van der Waals surface area contributed by atoms with Crippen LogP contribution in [0.1, 0.15) is 53.4 Å². The Balaban J connectivity index is 2.56. The first kappa shape index (κ1) is 16.8. The van der Waals surface area contributed by atoms with E-state index in [-0.39, 0.29) is 18.0 Å². The molecule has 3 atom stereocenters. The molecule has 2 unspecified atom stereocenters. The molecule has 1 fully saturated rings. The van der Waals surface area contributed by atoms with Gasteiger partial charge in [-0.25, -0.2) is 4.79 Å². The first-order valence-electron chi connectivity index (χ1n) is 7.24. The fourth-order valence-corrected chi connectivity index (χ4v) is 2.25. The maximum absolute atomic E-state index is 11.8. The van der Waals surface area contributed by atoms with Crippen LogP contribution in [0.4, 0.5) is 4.79 Å². The Bertz CT molecular complexity index is 350. The van der Waals surface area contributed by atoms with Gasteiger partial charge in [-0.15, -0.1) is 0 Å². The molecule has 6 heteroatoms. The van der Waals surface area contributed by atoms with Gasteiger partial charge in [0.2, 0.25) is 5.91 Å². The van der Waals surface area contributed by atoms with E-state index in [4.69, 9.17) is 10.5 Å². The molecule has 20 heavy (non-hydrogen) atoms. The van der Waals surface area contributed by atoms with Gasteiger partial charge in [0.25, 0.3) is 0 Å². The highest BCUT2D eigenvalue weighted by Crippen LogP contribution is 2.19. The lowest BCUT2D eigenvalue weighted by atomic mass is 9.90. The van der Waals surface area contributed by atoms with E-state index in [9.17, 15) is 9.59 Å². The van der Waals surface area contributed by atoms with E-state index in [1.165, 1.54) is 0 Å². The molecule has 1 aliphatic rings. The summed E-state index contributed by atoms with van der Waals surface area (Å²) in [6.45, 7) is 7.11.